The summed E-state index contributed by atoms with van der Waals surface area (Å²) in [5.74, 6) is -0.134. The second kappa shape index (κ2) is 9.08. The van der Waals surface area contributed by atoms with Crippen LogP contribution in [0, 0.1) is 0 Å². The molecule has 2 atom stereocenters. The Bertz CT molecular complexity index is 818. The molecule has 2 aromatic carbocycles. The van der Waals surface area contributed by atoms with Crippen molar-refractivity contribution in [2.24, 2.45) is 0 Å². The van der Waals surface area contributed by atoms with Gasteiger partial charge in [0.25, 0.3) is 5.91 Å². The predicted octanol–water partition coefficient (Wildman–Crippen LogP) is 4.68. The first-order valence-electron chi connectivity index (χ1n) is 9.26. The van der Waals surface area contributed by atoms with Crippen molar-refractivity contribution < 1.29 is 14.3 Å². The van der Waals surface area contributed by atoms with Gasteiger partial charge < -0.3 is 20.3 Å². The summed E-state index contributed by atoms with van der Waals surface area (Å²) in [6.07, 6.45) is 1.28. The average Bonchev–Trinajstić information content (AvgIpc) is 3.24. The molecular formula is C21H24ClN3O3. The van der Waals surface area contributed by atoms with Crippen molar-refractivity contribution in [1.82, 2.24) is 4.90 Å². The molecule has 3 rings (SSSR count). The first kappa shape index (κ1) is 20.2. The SMILES string of the molecule is C[C@H](c1ccc(Cl)cc1)N(C)C(=O)Nc1ccc(NC(=O)[C@H]2CCCO2)cc1. The molecule has 148 valence electrons. The first-order valence-corrected chi connectivity index (χ1v) is 9.63. The second-order valence-electron chi connectivity index (χ2n) is 6.84. The van der Waals surface area contributed by atoms with Gasteiger partial charge in [-0.2, -0.15) is 0 Å². The van der Waals surface area contributed by atoms with E-state index in [1.165, 1.54) is 0 Å². The number of halogens is 1. The summed E-state index contributed by atoms with van der Waals surface area (Å²) in [6.45, 7) is 2.58. The Morgan fingerprint density at radius 2 is 1.68 bits per heavy atom. The van der Waals surface area contributed by atoms with Crippen LogP contribution in [-0.2, 0) is 9.53 Å². The molecule has 1 aliphatic heterocycles. The van der Waals surface area contributed by atoms with Crippen LogP contribution < -0.4 is 10.6 Å². The summed E-state index contributed by atoms with van der Waals surface area (Å²) in [6, 6.07) is 14.1. The van der Waals surface area contributed by atoms with Gasteiger partial charge in [0, 0.05) is 30.1 Å². The predicted molar refractivity (Wildman–Crippen MR) is 111 cm³/mol. The second-order valence-corrected chi connectivity index (χ2v) is 7.27. The van der Waals surface area contributed by atoms with Gasteiger partial charge in [0.1, 0.15) is 6.10 Å². The number of nitrogens with one attached hydrogen (secondary N) is 2. The molecule has 0 radical (unpaired) electrons. The van der Waals surface area contributed by atoms with Crippen molar-refractivity contribution >= 4 is 34.9 Å². The van der Waals surface area contributed by atoms with Crippen LogP contribution in [0.3, 0.4) is 0 Å². The molecule has 2 aromatic rings. The zero-order chi connectivity index (χ0) is 20.1. The van der Waals surface area contributed by atoms with Crippen LogP contribution in [0.5, 0.6) is 0 Å². The lowest BCUT2D eigenvalue weighted by atomic mass is 10.1. The number of anilines is 2. The molecule has 1 aliphatic rings. The summed E-state index contributed by atoms with van der Waals surface area (Å²) in [4.78, 5) is 26.2. The van der Waals surface area contributed by atoms with E-state index in [1.807, 2.05) is 31.2 Å². The number of carbonyl (C=O) groups is 2. The highest BCUT2D eigenvalue weighted by atomic mass is 35.5. The zero-order valence-electron chi connectivity index (χ0n) is 15.9. The Morgan fingerprint density at radius 1 is 1.07 bits per heavy atom. The maximum absolute atomic E-state index is 12.5. The third kappa shape index (κ3) is 5.03. The van der Waals surface area contributed by atoms with Crippen molar-refractivity contribution in [3.05, 3.63) is 59.1 Å². The molecule has 2 N–H and O–H groups in total. The smallest absolute Gasteiger partial charge is 0.322 e. The summed E-state index contributed by atoms with van der Waals surface area (Å²) in [7, 11) is 1.74. The fourth-order valence-corrected chi connectivity index (χ4v) is 3.12. The lowest BCUT2D eigenvalue weighted by Gasteiger charge is -2.25. The standard InChI is InChI=1S/C21H24ClN3O3/c1-14(15-5-7-16(22)8-6-15)25(2)21(27)24-18-11-9-17(10-12-18)23-20(26)19-4-3-13-28-19/h5-12,14,19H,3-4,13H2,1-2H3,(H,23,26)(H,24,27)/t14-,19-/m1/s1. The Balaban J connectivity index is 1.56. The molecule has 0 unspecified atom stereocenters. The molecule has 0 saturated carbocycles. The number of amides is 3. The number of benzene rings is 2. The number of rotatable bonds is 5. The van der Waals surface area contributed by atoms with Crippen molar-refractivity contribution in [3.8, 4) is 0 Å². The Labute approximate surface area is 169 Å². The van der Waals surface area contributed by atoms with Crippen molar-refractivity contribution in [1.29, 1.82) is 0 Å². The summed E-state index contributed by atoms with van der Waals surface area (Å²) < 4.78 is 5.37. The number of ether oxygens (including phenoxy) is 1. The van der Waals surface area contributed by atoms with Crippen LogP contribution in [0.15, 0.2) is 48.5 Å². The molecule has 1 saturated heterocycles. The highest BCUT2D eigenvalue weighted by molar-refractivity contribution is 6.30. The topological polar surface area (TPSA) is 70.7 Å². The van der Waals surface area contributed by atoms with E-state index >= 15 is 0 Å². The average molecular weight is 402 g/mol. The molecular weight excluding hydrogens is 378 g/mol. The number of carbonyl (C=O) groups excluding carboxylic acids is 2. The van der Waals surface area contributed by atoms with E-state index in [0.29, 0.717) is 23.0 Å². The van der Waals surface area contributed by atoms with E-state index in [-0.39, 0.29) is 24.1 Å². The highest BCUT2D eigenvalue weighted by Gasteiger charge is 2.23. The minimum atomic E-state index is -0.373. The van der Waals surface area contributed by atoms with Crippen molar-refractivity contribution in [3.63, 3.8) is 0 Å². The number of hydrogen-bond donors (Lipinski definition) is 2. The Morgan fingerprint density at radius 3 is 2.25 bits per heavy atom. The molecule has 3 amide bonds. The van der Waals surface area contributed by atoms with E-state index in [4.69, 9.17) is 16.3 Å². The largest absolute Gasteiger partial charge is 0.368 e. The van der Waals surface area contributed by atoms with Crippen LogP contribution in [-0.4, -0.2) is 36.6 Å². The van der Waals surface area contributed by atoms with Gasteiger partial charge in [-0.1, -0.05) is 23.7 Å². The van der Waals surface area contributed by atoms with Gasteiger partial charge >= 0.3 is 6.03 Å². The van der Waals surface area contributed by atoms with Crippen molar-refractivity contribution in [2.45, 2.75) is 31.9 Å². The highest BCUT2D eigenvalue weighted by Crippen LogP contribution is 2.22. The maximum Gasteiger partial charge on any atom is 0.322 e. The Kier molecular flexibility index (Phi) is 6.54. The van der Waals surface area contributed by atoms with Gasteiger partial charge in [-0.05, 0) is 61.7 Å². The first-order chi connectivity index (χ1) is 13.4. The van der Waals surface area contributed by atoms with Gasteiger partial charge in [0.15, 0.2) is 0 Å². The molecule has 0 spiro atoms. The summed E-state index contributed by atoms with van der Waals surface area (Å²) in [5, 5.41) is 6.36. The van der Waals surface area contributed by atoms with Crippen LogP contribution in [0.25, 0.3) is 0 Å². The zero-order valence-corrected chi connectivity index (χ0v) is 16.7. The summed E-state index contributed by atoms with van der Waals surface area (Å²) >= 11 is 5.92. The fourth-order valence-electron chi connectivity index (χ4n) is 3.00. The van der Waals surface area contributed by atoms with Crippen molar-refractivity contribution in [2.75, 3.05) is 24.3 Å². The molecule has 1 fully saturated rings. The summed E-state index contributed by atoms with van der Waals surface area (Å²) in [5.41, 5.74) is 2.31. The van der Waals surface area contributed by atoms with Crippen LogP contribution >= 0.6 is 11.6 Å². The number of nitrogens with zero attached hydrogens (tertiary/aromatic N) is 1. The quantitative estimate of drug-likeness (QED) is 0.763. The van der Waals surface area contributed by atoms with Crippen LogP contribution in [0.1, 0.15) is 31.4 Å². The molecule has 0 aliphatic carbocycles. The number of urea groups is 1. The van der Waals surface area contributed by atoms with E-state index in [2.05, 4.69) is 10.6 Å². The van der Waals surface area contributed by atoms with Gasteiger partial charge in [-0.25, -0.2) is 4.79 Å². The van der Waals surface area contributed by atoms with E-state index in [9.17, 15) is 9.59 Å². The minimum absolute atomic E-state index is 0.109. The van der Waals surface area contributed by atoms with Gasteiger partial charge in [-0.3, -0.25) is 4.79 Å². The van der Waals surface area contributed by atoms with E-state index in [1.54, 1.807) is 36.2 Å². The maximum atomic E-state index is 12.5. The van der Waals surface area contributed by atoms with E-state index < -0.39 is 0 Å². The minimum Gasteiger partial charge on any atom is -0.368 e. The third-order valence-electron chi connectivity index (χ3n) is 4.88. The molecule has 0 bridgehead atoms. The molecule has 1 heterocycles. The van der Waals surface area contributed by atoms with Gasteiger partial charge in [0.05, 0.1) is 6.04 Å². The molecule has 6 nitrogen and oxygen atoms in total. The van der Waals surface area contributed by atoms with Crippen LogP contribution in [0.2, 0.25) is 5.02 Å². The van der Waals surface area contributed by atoms with Crippen LogP contribution in [0.4, 0.5) is 16.2 Å². The third-order valence-corrected chi connectivity index (χ3v) is 5.13. The van der Waals surface area contributed by atoms with Gasteiger partial charge in [0.2, 0.25) is 0 Å². The number of hydrogen-bond acceptors (Lipinski definition) is 3. The monoisotopic (exact) mass is 401 g/mol. The molecule has 28 heavy (non-hydrogen) atoms. The van der Waals surface area contributed by atoms with E-state index in [0.717, 1.165) is 18.4 Å². The van der Waals surface area contributed by atoms with Gasteiger partial charge in [-0.15, -0.1) is 0 Å². The normalized spacial score (nSPS) is 17.0. The molecule has 7 heteroatoms. The fraction of sp³-hybridized carbons (Fsp3) is 0.333. The lowest BCUT2D eigenvalue weighted by Crippen LogP contribution is -2.33. The Hall–Kier alpha value is -2.57. The molecule has 0 aromatic heterocycles. The lowest BCUT2D eigenvalue weighted by molar-refractivity contribution is -0.124.